The number of nitrogens with one attached hydrogen (secondary N) is 2. The summed E-state index contributed by atoms with van der Waals surface area (Å²) in [5.41, 5.74) is 0.649. The normalized spacial score (nSPS) is 15.8. The Morgan fingerprint density at radius 2 is 1.73 bits per heavy atom. The van der Waals surface area contributed by atoms with Crippen LogP contribution in [-0.4, -0.2) is 48.9 Å². The fourth-order valence-electron chi connectivity index (χ4n) is 3.66. The highest BCUT2D eigenvalue weighted by Gasteiger charge is 2.33. The van der Waals surface area contributed by atoms with E-state index >= 15 is 0 Å². The molecule has 1 aliphatic heterocycles. The van der Waals surface area contributed by atoms with E-state index in [9.17, 15) is 14.4 Å². The molecule has 0 aromatic heterocycles. The summed E-state index contributed by atoms with van der Waals surface area (Å²) in [6, 6.07) is 6.78. The first-order valence-corrected chi connectivity index (χ1v) is 10.7. The molecule has 0 saturated carbocycles. The molecule has 1 unspecified atom stereocenters. The standard InChI is InChI=1S/C23H35N3O4/c1-15(2)14-20(27)25-21(16(3)4)23(29)26-12-10-17(11-13-26)22(28)24-18-8-6-7-9-19(18)30-5/h6-9,15-17,21H,10-14H2,1-5H3,(H,24,28)(H,25,27). The lowest BCUT2D eigenvalue weighted by Gasteiger charge is -2.35. The zero-order chi connectivity index (χ0) is 22.3. The summed E-state index contributed by atoms with van der Waals surface area (Å²) in [5.74, 6) is 0.485. The van der Waals surface area contributed by atoms with E-state index in [0.717, 1.165) is 0 Å². The smallest absolute Gasteiger partial charge is 0.245 e. The van der Waals surface area contributed by atoms with Gasteiger partial charge in [0.2, 0.25) is 17.7 Å². The molecule has 30 heavy (non-hydrogen) atoms. The minimum atomic E-state index is -0.532. The lowest BCUT2D eigenvalue weighted by molar-refractivity contribution is -0.140. The van der Waals surface area contributed by atoms with Crippen molar-refractivity contribution in [1.29, 1.82) is 0 Å². The quantitative estimate of drug-likeness (QED) is 0.680. The number of piperidine rings is 1. The Bertz CT molecular complexity index is 740. The summed E-state index contributed by atoms with van der Waals surface area (Å²) >= 11 is 0. The van der Waals surface area contributed by atoms with Gasteiger partial charge in [-0.15, -0.1) is 0 Å². The first kappa shape index (κ1) is 23.7. The van der Waals surface area contributed by atoms with Crippen LogP contribution in [0.4, 0.5) is 5.69 Å². The molecule has 1 aromatic rings. The summed E-state index contributed by atoms with van der Waals surface area (Å²) in [4.78, 5) is 39.6. The van der Waals surface area contributed by atoms with Crippen LogP contribution >= 0.6 is 0 Å². The van der Waals surface area contributed by atoms with Crippen LogP contribution in [0, 0.1) is 17.8 Å². The van der Waals surface area contributed by atoms with Crippen molar-refractivity contribution in [1.82, 2.24) is 10.2 Å². The zero-order valence-electron chi connectivity index (χ0n) is 18.7. The van der Waals surface area contributed by atoms with Crippen LogP contribution < -0.4 is 15.4 Å². The van der Waals surface area contributed by atoms with Crippen molar-refractivity contribution in [3.63, 3.8) is 0 Å². The molecule has 0 aliphatic carbocycles. The number of ether oxygens (including phenoxy) is 1. The minimum Gasteiger partial charge on any atom is -0.495 e. The van der Waals surface area contributed by atoms with Crippen molar-refractivity contribution in [2.45, 2.75) is 53.0 Å². The minimum absolute atomic E-state index is 0.000166. The number of para-hydroxylation sites is 2. The molecule has 2 N–H and O–H groups in total. The molecule has 1 atom stereocenters. The third-order valence-corrected chi connectivity index (χ3v) is 5.39. The topological polar surface area (TPSA) is 87.7 Å². The van der Waals surface area contributed by atoms with Crippen molar-refractivity contribution in [3.05, 3.63) is 24.3 Å². The van der Waals surface area contributed by atoms with Gasteiger partial charge in [0.1, 0.15) is 11.8 Å². The molecule has 2 rings (SSSR count). The average Bonchev–Trinajstić information content (AvgIpc) is 2.71. The van der Waals surface area contributed by atoms with Crippen LogP contribution in [0.2, 0.25) is 0 Å². The fraction of sp³-hybridized carbons (Fsp3) is 0.609. The summed E-state index contributed by atoms with van der Waals surface area (Å²) in [6.07, 6.45) is 1.59. The van der Waals surface area contributed by atoms with Gasteiger partial charge in [0.15, 0.2) is 0 Å². The number of carbonyl (C=O) groups is 3. The molecule has 7 heteroatoms. The lowest BCUT2D eigenvalue weighted by Crippen LogP contribution is -2.53. The van der Waals surface area contributed by atoms with Gasteiger partial charge in [-0.1, -0.05) is 39.8 Å². The van der Waals surface area contributed by atoms with E-state index in [4.69, 9.17) is 4.74 Å². The number of carbonyl (C=O) groups excluding carboxylic acids is 3. The van der Waals surface area contributed by atoms with Crippen molar-refractivity contribution >= 4 is 23.4 Å². The number of amides is 3. The van der Waals surface area contributed by atoms with Gasteiger partial charge < -0.3 is 20.3 Å². The van der Waals surface area contributed by atoms with E-state index in [1.54, 1.807) is 18.1 Å². The van der Waals surface area contributed by atoms with Crippen molar-refractivity contribution in [2.24, 2.45) is 17.8 Å². The Morgan fingerprint density at radius 1 is 1.10 bits per heavy atom. The molecule has 0 spiro atoms. The second-order valence-electron chi connectivity index (χ2n) is 8.68. The van der Waals surface area contributed by atoms with Gasteiger partial charge in [-0.25, -0.2) is 0 Å². The van der Waals surface area contributed by atoms with E-state index in [-0.39, 0.29) is 35.5 Å². The van der Waals surface area contributed by atoms with Gasteiger partial charge in [0, 0.05) is 25.4 Å². The van der Waals surface area contributed by atoms with Crippen molar-refractivity contribution < 1.29 is 19.1 Å². The summed E-state index contributed by atoms with van der Waals surface area (Å²) in [7, 11) is 1.57. The van der Waals surface area contributed by atoms with E-state index in [2.05, 4.69) is 10.6 Å². The number of anilines is 1. The summed E-state index contributed by atoms with van der Waals surface area (Å²) in [6.45, 7) is 8.84. The second kappa shape index (κ2) is 11.0. The van der Waals surface area contributed by atoms with E-state index in [1.165, 1.54) is 0 Å². The third-order valence-electron chi connectivity index (χ3n) is 5.39. The molecule has 0 radical (unpaired) electrons. The maximum atomic E-state index is 13.0. The number of rotatable bonds is 8. The van der Waals surface area contributed by atoms with Crippen LogP contribution in [0.15, 0.2) is 24.3 Å². The Hall–Kier alpha value is -2.57. The summed E-state index contributed by atoms with van der Waals surface area (Å²) in [5, 5.41) is 5.84. The molecule has 0 bridgehead atoms. The van der Waals surface area contributed by atoms with Crippen molar-refractivity contribution in [3.8, 4) is 5.75 Å². The predicted octanol–water partition coefficient (Wildman–Crippen LogP) is 3.06. The molecule has 1 saturated heterocycles. The highest BCUT2D eigenvalue weighted by atomic mass is 16.5. The first-order chi connectivity index (χ1) is 14.2. The molecular formula is C23H35N3O4. The van der Waals surface area contributed by atoms with Gasteiger partial charge in [-0.05, 0) is 36.8 Å². The maximum Gasteiger partial charge on any atom is 0.245 e. The SMILES string of the molecule is COc1ccccc1NC(=O)C1CCN(C(=O)C(NC(=O)CC(C)C)C(C)C)CC1. The molecular weight excluding hydrogens is 382 g/mol. The highest BCUT2D eigenvalue weighted by Crippen LogP contribution is 2.26. The van der Waals surface area contributed by atoms with E-state index in [1.807, 2.05) is 45.9 Å². The van der Waals surface area contributed by atoms with Gasteiger partial charge >= 0.3 is 0 Å². The molecule has 166 valence electrons. The number of benzene rings is 1. The lowest BCUT2D eigenvalue weighted by atomic mass is 9.94. The molecule has 1 aromatic carbocycles. The van der Waals surface area contributed by atoms with E-state index in [0.29, 0.717) is 43.8 Å². The molecule has 1 fully saturated rings. The summed E-state index contributed by atoms with van der Waals surface area (Å²) < 4.78 is 5.28. The Kier molecular flexibility index (Phi) is 8.69. The number of likely N-dealkylation sites (tertiary alicyclic amines) is 1. The van der Waals surface area contributed by atoms with Crippen LogP contribution in [0.5, 0.6) is 5.75 Å². The monoisotopic (exact) mass is 417 g/mol. The second-order valence-corrected chi connectivity index (χ2v) is 8.68. The van der Waals surface area contributed by atoms with Crippen LogP contribution in [0.3, 0.4) is 0 Å². The third kappa shape index (κ3) is 6.47. The van der Waals surface area contributed by atoms with Gasteiger partial charge in [-0.2, -0.15) is 0 Å². The molecule has 7 nitrogen and oxygen atoms in total. The van der Waals surface area contributed by atoms with Crippen LogP contribution in [0.25, 0.3) is 0 Å². The zero-order valence-corrected chi connectivity index (χ0v) is 18.7. The largest absolute Gasteiger partial charge is 0.495 e. The van der Waals surface area contributed by atoms with Crippen LogP contribution in [0.1, 0.15) is 47.0 Å². The fourth-order valence-corrected chi connectivity index (χ4v) is 3.66. The Balaban J connectivity index is 1.92. The van der Waals surface area contributed by atoms with Crippen LogP contribution in [-0.2, 0) is 14.4 Å². The average molecular weight is 418 g/mol. The number of nitrogens with zero attached hydrogens (tertiary/aromatic N) is 1. The Morgan fingerprint density at radius 3 is 2.30 bits per heavy atom. The predicted molar refractivity (Wildman–Crippen MR) is 117 cm³/mol. The number of methoxy groups -OCH3 is 1. The van der Waals surface area contributed by atoms with Gasteiger partial charge in [0.25, 0.3) is 0 Å². The molecule has 1 aliphatic rings. The number of hydrogen-bond acceptors (Lipinski definition) is 4. The molecule has 1 heterocycles. The number of hydrogen-bond donors (Lipinski definition) is 2. The first-order valence-electron chi connectivity index (χ1n) is 10.7. The Labute approximate surface area is 179 Å². The van der Waals surface area contributed by atoms with Gasteiger partial charge in [0.05, 0.1) is 12.8 Å². The molecule has 3 amide bonds. The van der Waals surface area contributed by atoms with Crippen molar-refractivity contribution in [2.75, 3.05) is 25.5 Å². The van der Waals surface area contributed by atoms with E-state index < -0.39 is 6.04 Å². The highest BCUT2D eigenvalue weighted by molar-refractivity contribution is 5.94. The van der Waals surface area contributed by atoms with Gasteiger partial charge in [-0.3, -0.25) is 14.4 Å². The maximum absolute atomic E-state index is 13.0.